The Morgan fingerprint density at radius 1 is 1.15 bits per heavy atom. The Kier molecular flexibility index (Phi) is 6.55. The molecule has 0 saturated carbocycles. The van der Waals surface area contributed by atoms with Crippen LogP contribution in [0, 0.1) is 11.8 Å². The standard InChI is InChI=1S/C22H26BrN2O2/c1-16(2)12-24-14-18(15-24)22(26)25(21-7-5-4-6-20(21)23)13-17-8-10-19(27-3)11-9-17/h4-11,18H,12-15H2,1-3H3. The highest BCUT2D eigenvalue weighted by atomic mass is 79.9. The van der Waals surface area contributed by atoms with Gasteiger partial charge in [0.1, 0.15) is 5.75 Å². The van der Waals surface area contributed by atoms with Gasteiger partial charge in [0.15, 0.2) is 0 Å². The van der Waals surface area contributed by atoms with Gasteiger partial charge in [0.05, 0.1) is 25.3 Å². The van der Waals surface area contributed by atoms with Crippen LogP contribution in [0.1, 0.15) is 19.4 Å². The Bertz CT molecular complexity index is 770. The van der Waals surface area contributed by atoms with E-state index in [1.54, 1.807) is 7.11 Å². The van der Waals surface area contributed by atoms with Crippen LogP contribution >= 0.6 is 15.9 Å². The van der Waals surface area contributed by atoms with E-state index in [1.165, 1.54) is 5.92 Å². The van der Waals surface area contributed by atoms with Crippen LogP contribution in [-0.4, -0.2) is 37.6 Å². The molecule has 1 amide bonds. The number of ether oxygens (including phenoxy) is 1. The van der Waals surface area contributed by atoms with Gasteiger partial charge in [-0.05, 0) is 51.7 Å². The molecule has 3 rings (SSSR count). The Morgan fingerprint density at radius 3 is 2.41 bits per heavy atom. The summed E-state index contributed by atoms with van der Waals surface area (Å²) in [5, 5.41) is 0. The van der Waals surface area contributed by atoms with E-state index in [-0.39, 0.29) is 11.8 Å². The molecule has 1 aliphatic heterocycles. The quantitative estimate of drug-likeness (QED) is 0.647. The van der Waals surface area contributed by atoms with Crippen molar-refractivity contribution in [3.05, 3.63) is 64.5 Å². The smallest absolute Gasteiger partial charge is 0.233 e. The highest BCUT2D eigenvalue weighted by Crippen LogP contribution is 2.31. The van der Waals surface area contributed by atoms with E-state index in [0.717, 1.165) is 41.1 Å². The van der Waals surface area contributed by atoms with Gasteiger partial charge in [0.25, 0.3) is 0 Å². The molecule has 1 radical (unpaired) electrons. The van der Waals surface area contributed by atoms with Gasteiger partial charge in [-0.1, -0.05) is 38.1 Å². The average molecular weight is 430 g/mol. The van der Waals surface area contributed by atoms with Gasteiger partial charge in [-0.25, -0.2) is 0 Å². The summed E-state index contributed by atoms with van der Waals surface area (Å²) >= 11 is 3.61. The molecule has 0 atom stereocenters. The monoisotopic (exact) mass is 429 g/mol. The van der Waals surface area contributed by atoms with Crippen molar-refractivity contribution in [2.24, 2.45) is 5.92 Å². The van der Waals surface area contributed by atoms with E-state index in [0.29, 0.717) is 6.54 Å². The molecule has 0 N–H and O–H groups in total. The highest BCUT2D eigenvalue weighted by molar-refractivity contribution is 9.10. The van der Waals surface area contributed by atoms with Crippen molar-refractivity contribution in [3.8, 4) is 5.75 Å². The molecule has 4 nitrogen and oxygen atoms in total. The first-order valence-electron chi connectivity index (χ1n) is 9.18. The molecular formula is C22H26BrN2O2. The topological polar surface area (TPSA) is 32.8 Å². The number of halogens is 1. The maximum atomic E-state index is 13.3. The minimum Gasteiger partial charge on any atom is -0.497 e. The fourth-order valence-electron chi connectivity index (χ4n) is 3.39. The fourth-order valence-corrected chi connectivity index (χ4v) is 3.89. The minimum atomic E-state index is 0.0507. The van der Waals surface area contributed by atoms with Gasteiger partial charge < -0.3 is 14.5 Å². The Hall–Kier alpha value is -1.85. The first kappa shape index (κ1) is 19.9. The number of hydrogen-bond donors (Lipinski definition) is 0. The molecule has 2 aromatic carbocycles. The normalized spacial score (nSPS) is 14.9. The van der Waals surface area contributed by atoms with Gasteiger partial charge in [-0.2, -0.15) is 0 Å². The largest absolute Gasteiger partial charge is 0.497 e. The molecular weight excluding hydrogens is 404 g/mol. The molecule has 1 fully saturated rings. The molecule has 0 bridgehead atoms. The Morgan fingerprint density at radius 2 is 1.81 bits per heavy atom. The van der Waals surface area contributed by atoms with E-state index in [1.807, 2.05) is 53.4 Å². The van der Waals surface area contributed by atoms with E-state index >= 15 is 0 Å². The van der Waals surface area contributed by atoms with Crippen LogP contribution in [0.4, 0.5) is 5.69 Å². The Labute approximate surface area is 170 Å². The van der Waals surface area contributed by atoms with Gasteiger partial charge in [-0.15, -0.1) is 0 Å². The second kappa shape index (κ2) is 8.89. The van der Waals surface area contributed by atoms with Crippen molar-refractivity contribution in [1.82, 2.24) is 4.90 Å². The molecule has 2 aromatic rings. The number of methoxy groups -OCH3 is 1. The molecule has 0 unspecified atom stereocenters. The lowest BCUT2D eigenvalue weighted by Gasteiger charge is -2.41. The third-order valence-corrected chi connectivity index (χ3v) is 5.43. The highest BCUT2D eigenvalue weighted by Gasteiger charge is 2.36. The maximum absolute atomic E-state index is 13.3. The Balaban J connectivity index is 1.78. The number of amides is 1. The van der Waals surface area contributed by atoms with Gasteiger partial charge >= 0.3 is 0 Å². The summed E-state index contributed by atoms with van der Waals surface area (Å²) in [6, 6.07) is 15.8. The van der Waals surface area contributed by atoms with Crippen molar-refractivity contribution >= 4 is 27.5 Å². The molecule has 143 valence electrons. The van der Waals surface area contributed by atoms with Crippen molar-refractivity contribution in [2.45, 2.75) is 20.4 Å². The number of benzene rings is 2. The summed E-state index contributed by atoms with van der Waals surface area (Å²) in [7, 11) is 1.66. The van der Waals surface area contributed by atoms with Crippen molar-refractivity contribution in [2.75, 3.05) is 31.6 Å². The van der Waals surface area contributed by atoms with Gasteiger partial charge in [0.2, 0.25) is 5.91 Å². The van der Waals surface area contributed by atoms with Gasteiger partial charge in [0, 0.05) is 24.1 Å². The summed E-state index contributed by atoms with van der Waals surface area (Å²) in [4.78, 5) is 17.5. The summed E-state index contributed by atoms with van der Waals surface area (Å²) in [5.41, 5.74) is 1.99. The van der Waals surface area contributed by atoms with Gasteiger partial charge in [-0.3, -0.25) is 4.79 Å². The molecule has 1 saturated heterocycles. The average Bonchev–Trinajstić information content (AvgIpc) is 2.63. The summed E-state index contributed by atoms with van der Waals surface area (Å²) < 4.78 is 6.17. The number of hydrogen-bond acceptors (Lipinski definition) is 3. The minimum absolute atomic E-state index is 0.0507. The molecule has 0 spiro atoms. The SMILES string of the molecule is COc1ccc(CN(C(=O)C2CN(C[C](C)C)C2)c2ccccc2Br)cc1. The van der Waals surface area contributed by atoms with Crippen molar-refractivity contribution in [1.29, 1.82) is 0 Å². The first-order valence-corrected chi connectivity index (χ1v) is 9.97. The number of rotatable bonds is 7. The van der Waals surface area contributed by atoms with Crippen LogP contribution in [-0.2, 0) is 11.3 Å². The summed E-state index contributed by atoms with van der Waals surface area (Å²) in [6.07, 6.45) is 0. The van der Waals surface area contributed by atoms with Crippen LogP contribution < -0.4 is 9.64 Å². The van der Waals surface area contributed by atoms with Crippen LogP contribution in [0.2, 0.25) is 0 Å². The fraction of sp³-hybridized carbons (Fsp3) is 0.364. The molecule has 0 aliphatic carbocycles. The molecule has 0 aromatic heterocycles. The van der Waals surface area contributed by atoms with E-state index < -0.39 is 0 Å². The summed E-state index contributed by atoms with van der Waals surface area (Å²) in [5.74, 6) is 2.43. The molecule has 1 aliphatic rings. The molecule has 27 heavy (non-hydrogen) atoms. The van der Waals surface area contributed by atoms with Crippen molar-refractivity contribution < 1.29 is 9.53 Å². The second-order valence-corrected chi connectivity index (χ2v) is 8.18. The number of nitrogens with zero attached hydrogens (tertiary/aromatic N) is 2. The number of carbonyl (C=O) groups is 1. The van der Waals surface area contributed by atoms with Crippen LogP contribution in [0.5, 0.6) is 5.75 Å². The number of anilines is 1. The van der Waals surface area contributed by atoms with Crippen molar-refractivity contribution in [3.63, 3.8) is 0 Å². The van der Waals surface area contributed by atoms with E-state index in [2.05, 4.69) is 34.7 Å². The lowest BCUT2D eigenvalue weighted by molar-refractivity contribution is -0.127. The third-order valence-electron chi connectivity index (χ3n) is 4.76. The van der Waals surface area contributed by atoms with Crippen LogP contribution in [0.15, 0.2) is 53.0 Å². The predicted molar refractivity (Wildman–Crippen MR) is 113 cm³/mol. The molecule has 1 heterocycles. The van der Waals surface area contributed by atoms with Crippen LogP contribution in [0.3, 0.4) is 0 Å². The van der Waals surface area contributed by atoms with E-state index in [9.17, 15) is 4.79 Å². The zero-order valence-corrected chi connectivity index (χ0v) is 17.7. The van der Waals surface area contributed by atoms with Crippen LogP contribution in [0.25, 0.3) is 0 Å². The zero-order chi connectivity index (χ0) is 19.4. The number of carbonyl (C=O) groups excluding carboxylic acids is 1. The lowest BCUT2D eigenvalue weighted by atomic mass is 9.96. The zero-order valence-electron chi connectivity index (χ0n) is 16.1. The lowest BCUT2D eigenvalue weighted by Crippen LogP contribution is -2.55. The number of likely N-dealkylation sites (tertiary alicyclic amines) is 1. The number of para-hydroxylation sites is 1. The van der Waals surface area contributed by atoms with E-state index in [4.69, 9.17) is 4.74 Å². The maximum Gasteiger partial charge on any atom is 0.233 e. The second-order valence-electron chi connectivity index (χ2n) is 7.32. The molecule has 5 heteroatoms. The summed E-state index contributed by atoms with van der Waals surface area (Å²) in [6.45, 7) is 7.43. The predicted octanol–water partition coefficient (Wildman–Crippen LogP) is 4.54. The third kappa shape index (κ3) is 4.90. The first-order chi connectivity index (χ1) is 13.0.